The van der Waals surface area contributed by atoms with Gasteiger partial charge >= 0.3 is 0 Å². The molecular weight excluding hydrogens is 326 g/mol. The molecule has 136 valence electrons. The summed E-state index contributed by atoms with van der Waals surface area (Å²) in [6.45, 7) is 4.57. The minimum absolute atomic E-state index is 0.697. The van der Waals surface area contributed by atoms with Crippen molar-refractivity contribution in [1.29, 1.82) is 0 Å². The summed E-state index contributed by atoms with van der Waals surface area (Å²) in [5.41, 5.74) is 2.27. The topological polar surface area (TPSA) is 45.8 Å². The fourth-order valence-corrected chi connectivity index (χ4v) is 4.02. The van der Waals surface area contributed by atoms with Gasteiger partial charge in [-0.25, -0.2) is 0 Å². The zero-order valence-corrected chi connectivity index (χ0v) is 15.4. The van der Waals surface area contributed by atoms with Crippen LogP contribution in [0.25, 0.3) is 11.0 Å². The molecule has 4 rings (SSSR count). The molecule has 0 amide bonds. The Morgan fingerprint density at radius 1 is 1.08 bits per heavy atom. The highest BCUT2D eigenvalue weighted by Crippen LogP contribution is 2.38. The van der Waals surface area contributed by atoms with Crippen molar-refractivity contribution in [1.82, 2.24) is 4.90 Å². The van der Waals surface area contributed by atoms with Gasteiger partial charge in [0, 0.05) is 36.1 Å². The predicted octanol–water partition coefficient (Wildman–Crippen LogP) is 4.23. The van der Waals surface area contributed by atoms with Crippen LogP contribution < -0.4 is 4.74 Å². The van der Waals surface area contributed by atoms with E-state index < -0.39 is 5.60 Å². The number of benzene rings is 2. The number of para-hydroxylation sites is 2. The molecule has 26 heavy (non-hydrogen) atoms. The number of furan rings is 1. The molecule has 0 bridgehead atoms. The van der Waals surface area contributed by atoms with Crippen LogP contribution in [0.3, 0.4) is 0 Å². The Bertz CT molecular complexity index is 907. The van der Waals surface area contributed by atoms with Crippen LogP contribution in [0.5, 0.6) is 5.75 Å². The van der Waals surface area contributed by atoms with Gasteiger partial charge < -0.3 is 14.3 Å². The quantitative estimate of drug-likeness (QED) is 0.764. The second-order valence-corrected chi connectivity index (χ2v) is 7.14. The summed E-state index contributed by atoms with van der Waals surface area (Å²) >= 11 is 0. The Balaban J connectivity index is 1.51. The summed E-state index contributed by atoms with van der Waals surface area (Å²) < 4.78 is 11.3. The van der Waals surface area contributed by atoms with E-state index in [1.54, 1.807) is 7.11 Å². The maximum atomic E-state index is 11.2. The van der Waals surface area contributed by atoms with Gasteiger partial charge in [0.1, 0.15) is 17.1 Å². The minimum atomic E-state index is -0.823. The standard InChI is InChI=1S/C22H25NO3/c1-16-18(17-7-3-5-9-20(17)26-16)15-23-13-11-22(24,12-14-23)19-8-4-6-10-21(19)25-2/h3-10,24H,11-15H2,1-2H3. The number of likely N-dealkylation sites (tertiary alicyclic amines) is 1. The van der Waals surface area contributed by atoms with Gasteiger partial charge in [-0.05, 0) is 31.9 Å². The molecule has 2 heterocycles. The van der Waals surface area contributed by atoms with Crippen LogP contribution in [0.15, 0.2) is 52.9 Å². The fraction of sp³-hybridized carbons (Fsp3) is 0.364. The van der Waals surface area contributed by atoms with Gasteiger partial charge in [0.2, 0.25) is 0 Å². The highest BCUT2D eigenvalue weighted by Gasteiger charge is 2.36. The van der Waals surface area contributed by atoms with Crippen molar-refractivity contribution in [3.8, 4) is 5.75 Å². The summed E-state index contributed by atoms with van der Waals surface area (Å²) in [5.74, 6) is 1.75. The average Bonchev–Trinajstić information content (AvgIpc) is 2.99. The van der Waals surface area contributed by atoms with Gasteiger partial charge in [0.25, 0.3) is 0 Å². The molecule has 4 nitrogen and oxygen atoms in total. The van der Waals surface area contributed by atoms with Crippen molar-refractivity contribution >= 4 is 11.0 Å². The summed E-state index contributed by atoms with van der Waals surface area (Å²) in [4.78, 5) is 2.40. The molecule has 4 heteroatoms. The highest BCUT2D eigenvalue weighted by atomic mass is 16.5. The molecule has 0 radical (unpaired) electrons. The number of hydrogen-bond acceptors (Lipinski definition) is 4. The van der Waals surface area contributed by atoms with E-state index in [2.05, 4.69) is 17.0 Å². The summed E-state index contributed by atoms with van der Waals surface area (Å²) in [6, 6.07) is 16.0. The zero-order valence-electron chi connectivity index (χ0n) is 15.4. The second kappa shape index (κ2) is 6.78. The molecule has 1 aromatic heterocycles. The fourth-order valence-electron chi connectivity index (χ4n) is 4.02. The normalized spacial score (nSPS) is 17.5. The van der Waals surface area contributed by atoms with Crippen molar-refractivity contribution < 1.29 is 14.3 Å². The van der Waals surface area contributed by atoms with Crippen molar-refractivity contribution in [2.24, 2.45) is 0 Å². The van der Waals surface area contributed by atoms with Gasteiger partial charge in [-0.15, -0.1) is 0 Å². The first kappa shape index (κ1) is 17.1. The maximum absolute atomic E-state index is 11.2. The molecule has 0 spiro atoms. The third kappa shape index (κ3) is 3.00. The number of aliphatic hydroxyl groups is 1. The lowest BCUT2D eigenvalue weighted by molar-refractivity contribution is -0.0292. The molecule has 3 aromatic rings. The number of aryl methyl sites for hydroxylation is 1. The molecular formula is C22H25NO3. The zero-order chi connectivity index (χ0) is 18.1. The molecule has 1 N–H and O–H groups in total. The van der Waals surface area contributed by atoms with E-state index in [9.17, 15) is 5.11 Å². The third-order valence-electron chi connectivity index (χ3n) is 5.57. The Morgan fingerprint density at radius 2 is 1.77 bits per heavy atom. The van der Waals surface area contributed by atoms with E-state index in [1.807, 2.05) is 43.3 Å². The van der Waals surface area contributed by atoms with Gasteiger partial charge in [-0.3, -0.25) is 4.90 Å². The van der Waals surface area contributed by atoms with Crippen molar-refractivity contribution in [3.63, 3.8) is 0 Å². The van der Waals surface area contributed by atoms with Gasteiger partial charge in [-0.2, -0.15) is 0 Å². The van der Waals surface area contributed by atoms with E-state index in [4.69, 9.17) is 9.15 Å². The number of nitrogens with zero attached hydrogens (tertiary/aromatic N) is 1. The van der Waals surface area contributed by atoms with E-state index in [-0.39, 0.29) is 0 Å². The Labute approximate surface area is 154 Å². The Morgan fingerprint density at radius 3 is 2.54 bits per heavy atom. The number of rotatable bonds is 4. The Kier molecular flexibility index (Phi) is 4.47. The monoisotopic (exact) mass is 351 g/mol. The van der Waals surface area contributed by atoms with E-state index in [1.165, 1.54) is 10.9 Å². The number of ether oxygens (including phenoxy) is 1. The van der Waals surface area contributed by atoms with Gasteiger partial charge in [-0.1, -0.05) is 36.4 Å². The molecule has 1 aliphatic rings. The third-order valence-corrected chi connectivity index (χ3v) is 5.57. The molecule has 1 fully saturated rings. The van der Waals surface area contributed by atoms with Crippen molar-refractivity contribution in [2.75, 3.05) is 20.2 Å². The summed E-state index contributed by atoms with van der Waals surface area (Å²) in [5, 5.41) is 12.4. The number of methoxy groups -OCH3 is 1. The van der Waals surface area contributed by atoms with E-state index in [0.29, 0.717) is 12.8 Å². The molecule has 0 atom stereocenters. The lowest BCUT2D eigenvalue weighted by Crippen LogP contribution is -2.42. The highest BCUT2D eigenvalue weighted by molar-refractivity contribution is 5.82. The van der Waals surface area contributed by atoms with Crippen LogP contribution >= 0.6 is 0 Å². The van der Waals surface area contributed by atoms with Crippen LogP contribution in [0.2, 0.25) is 0 Å². The first-order chi connectivity index (χ1) is 12.6. The number of fused-ring (bicyclic) bond motifs is 1. The van der Waals surface area contributed by atoms with E-state index >= 15 is 0 Å². The van der Waals surface area contributed by atoms with Crippen LogP contribution in [0.4, 0.5) is 0 Å². The SMILES string of the molecule is COc1ccccc1C1(O)CCN(Cc2c(C)oc3ccccc23)CC1. The number of piperidine rings is 1. The van der Waals surface area contributed by atoms with Gasteiger partial charge in [0.15, 0.2) is 0 Å². The molecule has 0 unspecified atom stereocenters. The van der Waals surface area contributed by atoms with Crippen LogP contribution in [-0.4, -0.2) is 30.2 Å². The van der Waals surface area contributed by atoms with E-state index in [0.717, 1.165) is 42.3 Å². The molecule has 0 saturated carbocycles. The largest absolute Gasteiger partial charge is 0.496 e. The first-order valence-corrected chi connectivity index (χ1v) is 9.16. The summed E-state index contributed by atoms with van der Waals surface area (Å²) in [7, 11) is 1.66. The van der Waals surface area contributed by atoms with Crippen molar-refractivity contribution in [2.45, 2.75) is 31.9 Å². The minimum Gasteiger partial charge on any atom is -0.496 e. The maximum Gasteiger partial charge on any atom is 0.134 e. The Hall–Kier alpha value is -2.30. The molecule has 0 aliphatic carbocycles. The lowest BCUT2D eigenvalue weighted by Gasteiger charge is -2.39. The molecule has 1 saturated heterocycles. The number of hydrogen-bond donors (Lipinski definition) is 1. The second-order valence-electron chi connectivity index (χ2n) is 7.14. The molecule has 1 aliphatic heterocycles. The van der Waals surface area contributed by atoms with Crippen molar-refractivity contribution in [3.05, 3.63) is 65.4 Å². The first-order valence-electron chi connectivity index (χ1n) is 9.16. The van der Waals surface area contributed by atoms with Crippen LogP contribution in [0.1, 0.15) is 29.7 Å². The smallest absolute Gasteiger partial charge is 0.134 e. The van der Waals surface area contributed by atoms with Crippen LogP contribution in [-0.2, 0) is 12.1 Å². The van der Waals surface area contributed by atoms with Gasteiger partial charge in [0.05, 0.1) is 12.7 Å². The van der Waals surface area contributed by atoms with Crippen LogP contribution in [0, 0.1) is 6.92 Å². The molecule has 2 aromatic carbocycles. The predicted molar refractivity (Wildman–Crippen MR) is 102 cm³/mol. The summed E-state index contributed by atoms with van der Waals surface area (Å²) in [6.07, 6.45) is 1.39. The average molecular weight is 351 g/mol. The lowest BCUT2D eigenvalue weighted by atomic mass is 9.83.